The third kappa shape index (κ3) is 8.82. The van der Waals surface area contributed by atoms with Crippen molar-refractivity contribution in [2.45, 2.75) is 51.2 Å². The molecule has 0 spiro atoms. The maximum Gasteiger partial charge on any atom is 0.326 e. The van der Waals surface area contributed by atoms with Gasteiger partial charge in [-0.1, -0.05) is 13.8 Å². The lowest BCUT2D eigenvalue weighted by atomic mass is 10.0. The van der Waals surface area contributed by atoms with Gasteiger partial charge in [0.15, 0.2) is 0 Å². The van der Waals surface area contributed by atoms with Gasteiger partial charge < -0.3 is 37.5 Å². The van der Waals surface area contributed by atoms with E-state index < -0.39 is 53.6 Å². The fraction of sp³-hybridized carbons (Fsp3) is 0.556. The van der Waals surface area contributed by atoms with Crippen molar-refractivity contribution in [3.05, 3.63) is 18.2 Å². The van der Waals surface area contributed by atoms with Gasteiger partial charge in [-0.2, -0.15) is 0 Å². The van der Waals surface area contributed by atoms with Crippen LogP contribution in [0.4, 0.5) is 0 Å². The molecule has 1 rings (SSSR count). The van der Waals surface area contributed by atoms with Crippen molar-refractivity contribution < 1.29 is 29.1 Å². The second-order valence-corrected chi connectivity index (χ2v) is 7.24. The van der Waals surface area contributed by atoms with E-state index in [4.69, 9.17) is 11.5 Å². The lowest BCUT2D eigenvalue weighted by Crippen LogP contribution is -2.57. The van der Waals surface area contributed by atoms with Crippen LogP contribution >= 0.6 is 0 Å². The molecule has 4 amide bonds. The number of aromatic amines is 1. The predicted molar refractivity (Wildman–Crippen MR) is 108 cm³/mol. The summed E-state index contributed by atoms with van der Waals surface area (Å²) >= 11 is 0. The van der Waals surface area contributed by atoms with Crippen LogP contribution in [-0.4, -0.2) is 69.3 Å². The Kier molecular flexibility index (Phi) is 10.1. The van der Waals surface area contributed by atoms with Crippen LogP contribution in [0.15, 0.2) is 12.5 Å². The number of amides is 4. The Morgan fingerprint density at radius 2 is 1.74 bits per heavy atom. The first-order valence-corrected chi connectivity index (χ1v) is 9.63. The van der Waals surface area contributed by atoms with Gasteiger partial charge in [0, 0.05) is 24.7 Å². The molecule has 0 aliphatic heterocycles. The van der Waals surface area contributed by atoms with Crippen LogP contribution < -0.4 is 27.4 Å². The minimum atomic E-state index is -1.25. The number of carboxylic acid groups (broad SMARTS) is 1. The number of nitrogens with two attached hydrogens (primary N) is 2. The molecule has 31 heavy (non-hydrogen) atoms. The van der Waals surface area contributed by atoms with Crippen molar-refractivity contribution >= 4 is 29.6 Å². The maximum atomic E-state index is 12.8. The lowest BCUT2D eigenvalue weighted by Gasteiger charge is -2.25. The quantitative estimate of drug-likeness (QED) is 0.172. The molecule has 0 saturated heterocycles. The molecular formula is C18H29N7O6. The van der Waals surface area contributed by atoms with Crippen LogP contribution in [0.1, 0.15) is 32.4 Å². The highest BCUT2D eigenvalue weighted by Gasteiger charge is 2.31. The molecule has 3 unspecified atom stereocenters. The molecule has 13 heteroatoms. The first-order chi connectivity index (χ1) is 14.5. The van der Waals surface area contributed by atoms with E-state index in [2.05, 4.69) is 25.9 Å². The van der Waals surface area contributed by atoms with Crippen LogP contribution in [0.25, 0.3) is 0 Å². The van der Waals surface area contributed by atoms with Gasteiger partial charge in [-0.05, 0) is 12.3 Å². The highest BCUT2D eigenvalue weighted by molar-refractivity contribution is 5.94. The molecule has 9 N–H and O–H groups in total. The van der Waals surface area contributed by atoms with E-state index in [-0.39, 0.29) is 25.8 Å². The van der Waals surface area contributed by atoms with Gasteiger partial charge in [-0.15, -0.1) is 0 Å². The van der Waals surface area contributed by atoms with Crippen molar-refractivity contribution in [3.63, 3.8) is 0 Å². The summed E-state index contributed by atoms with van der Waals surface area (Å²) in [6.07, 6.45) is 2.52. The normalized spacial score (nSPS) is 13.7. The van der Waals surface area contributed by atoms with Gasteiger partial charge in [0.1, 0.15) is 18.1 Å². The molecule has 0 saturated carbocycles. The zero-order valence-corrected chi connectivity index (χ0v) is 17.4. The number of hydrogen-bond acceptors (Lipinski definition) is 7. The second-order valence-electron chi connectivity index (χ2n) is 7.24. The van der Waals surface area contributed by atoms with Crippen molar-refractivity contribution in [3.8, 4) is 0 Å². The number of carbonyl (C=O) groups excluding carboxylic acids is 4. The summed E-state index contributed by atoms with van der Waals surface area (Å²) in [7, 11) is 0. The number of rotatable bonds is 13. The van der Waals surface area contributed by atoms with Crippen molar-refractivity contribution in [1.29, 1.82) is 0 Å². The SMILES string of the molecule is CC(C)C(NC(=O)C(CCC(N)=O)NC(=O)C(Cc1cnc[nH]1)NC(=O)CN)C(=O)O. The second kappa shape index (κ2) is 12.3. The first-order valence-electron chi connectivity index (χ1n) is 9.63. The smallest absolute Gasteiger partial charge is 0.326 e. The Morgan fingerprint density at radius 1 is 1.10 bits per heavy atom. The zero-order chi connectivity index (χ0) is 23.6. The fourth-order valence-corrected chi connectivity index (χ4v) is 2.67. The van der Waals surface area contributed by atoms with E-state index in [1.807, 2.05) is 0 Å². The number of primary amides is 1. The largest absolute Gasteiger partial charge is 0.480 e. The number of hydrogen-bond donors (Lipinski definition) is 7. The first kappa shape index (κ1) is 25.6. The number of carbonyl (C=O) groups is 5. The number of aromatic nitrogens is 2. The van der Waals surface area contributed by atoms with E-state index in [0.717, 1.165) is 0 Å². The van der Waals surface area contributed by atoms with Crippen LogP contribution in [0, 0.1) is 5.92 Å². The number of aliphatic carboxylic acids is 1. The summed E-state index contributed by atoms with van der Waals surface area (Å²) in [5, 5.41) is 16.5. The summed E-state index contributed by atoms with van der Waals surface area (Å²) in [4.78, 5) is 66.4. The molecule has 172 valence electrons. The topological polar surface area (TPSA) is 222 Å². The Balaban J connectivity index is 3.00. The summed E-state index contributed by atoms with van der Waals surface area (Å²) in [5.74, 6) is -4.47. The molecule has 1 aromatic heterocycles. The molecule has 0 aliphatic carbocycles. The van der Waals surface area contributed by atoms with Crippen LogP contribution in [0.5, 0.6) is 0 Å². The molecule has 0 aromatic carbocycles. The van der Waals surface area contributed by atoms with E-state index in [1.165, 1.54) is 12.5 Å². The van der Waals surface area contributed by atoms with Gasteiger partial charge in [-0.25, -0.2) is 9.78 Å². The molecule has 0 aliphatic rings. The van der Waals surface area contributed by atoms with Crippen LogP contribution in [-0.2, 0) is 30.4 Å². The third-order valence-electron chi connectivity index (χ3n) is 4.36. The molecule has 13 nitrogen and oxygen atoms in total. The molecule has 0 fully saturated rings. The Morgan fingerprint density at radius 3 is 2.23 bits per heavy atom. The number of H-pyrrole nitrogens is 1. The molecule has 1 heterocycles. The van der Waals surface area contributed by atoms with E-state index in [0.29, 0.717) is 5.69 Å². The third-order valence-corrected chi connectivity index (χ3v) is 4.36. The van der Waals surface area contributed by atoms with E-state index >= 15 is 0 Å². The molecule has 1 aromatic rings. The average Bonchev–Trinajstić information content (AvgIpc) is 3.20. The van der Waals surface area contributed by atoms with Crippen LogP contribution in [0.3, 0.4) is 0 Å². The average molecular weight is 439 g/mol. The Hall–Kier alpha value is -3.48. The standard InChI is InChI=1S/C18H29N7O6/c1-9(2)15(18(30)31)25-16(28)11(3-4-13(20)26)24-17(29)12(23-14(27)6-19)5-10-7-21-8-22-10/h7-9,11-12,15H,3-6,19H2,1-2H3,(H2,20,26)(H,21,22)(H,23,27)(H,24,29)(H,25,28)(H,30,31). The minimum absolute atomic E-state index is 0.0332. The summed E-state index contributed by atoms with van der Waals surface area (Å²) in [6, 6.07) is -3.54. The Labute approximate surface area is 178 Å². The van der Waals surface area contributed by atoms with E-state index in [9.17, 15) is 29.1 Å². The number of nitrogens with one attached hydrogen (secondary N) is 4. The van der Waals surface area contributed by atoms with Crippen molar-refractivity contribution in [2.24, 2.45) is 17.4 Å². The fourth-order valence-electron chi connectivity index (χ4n) is 2.67. The van der Waals surface area contributed by atoms with Gasteiger partial charge in [0.05, 0.1) is 12.9 Å². The van der Waals surface area contributed by atoms with Gasteiger partial charge in [0.2, 0.25) is 23.6 Å². The Bertz CT molecular complexity index is 780. The van der Waals surface area contributed by atoms with Crippen LogP contribution in [0.2, 0.25) is 0 Å². The monoisotopic (exact) mass is 439 g/mol. The summed E-state index contributed by atoms with van der Waals surface area (Å²) in [5.41, 5.74) is 11.0. The maximum absolute atomic E-state index is 12.8. The highest BCUT2D eigenvalue weighted by atomic mass is 16.4. The number of nitrogens with zero attached hydrogens (tertiary/aromatic N) is 1. The van der Waals surface area contributed by atoms with Crippen molar-refractivity contribution in [1.82, 2.24) is 25.9 Å². The van der Waals surface area contributed by atoms with E-state index in [1.54, 1.807) is 13.8 Å². The van der Waals surface area contributed by atoms with Gasteiger partial charge >= 0.3 is 5.97 Å². The number of carboxylic acids is 1. The summed E-state index contributed by atoms with van der Waals surface area (Å²) < 4.78 is 0. The van der Waals surface area contributed by atoms with Gasteiger partial charge in [0.25, 0.3) is 0 Å². The van der Waals surface area contributed by atoms with Crippen molar-refractivity contribution in [2.75, 3.05) is 6.54 Å². The molecule has 3 atom stereocenters. The predicted octanol–water partition coefficient (Wildman–Crippen LogP) is -2.63. The van der Waals surface area contributed by atoms with Gasteiger partial charge in [-0.3, -0.25) is 19.2 Å². The molecular weight excluding hydrogens is 410 g/mol. The summed E-state index contributed by atoms with van der Waals surface area (Å²) in [6.45, 7) is 2.87. The molecule has 0 bridgehead atoms. The minimum Gasteiger partial charge on any atom is -0.480 e. The molecule has 0 radical (unpaired) electrons. The number of imidazole rings is 1. The highest BCUT2D eigenvalue weighted by Crippen LogP contribution is 2.06. The zero-order valence-electron chi connectivity index (χ0n) is 17.4. The lowest BCUT2D eigenvalue weighted by molar-refractivity contribution is -0.143.